The molecule has 8 nitrogen and oxygen atoms in total. The third-order valence-electron chi connectivity index (χ3n) is 6.97. The molecule has 1 heterocycles. The lowest BCUT2D eigenvalue weighted by Crippen LogP contribution is -2.12. The highest BCUT2D eigenvalue weighted by Crippen LogP contribution is 2.49. The van der Waals surface area contributed by atoms with Gasteiger partial charge in [-0.15, -0.1) is 0 Å². The molecule has 5 aromatic carbocycles. The van der Waals surface area contributed by atoms with E-state index in [0.29, 0.717) is 56.2 Å². The molecule has 0 bridgehead atoms. The Morgan fingerprint density at radius 2 is 1.07 bits per heavy atom. The fourth-order valence-corrected chi connectivity index (χ4v) is 5.02. The van der Waals surface area contributed by atoms with Gasteiger partial charge in [-0.3, -0.25) is 0 Å². The zero-order valence-corrected chi connectivity index (χ0v) is 23.1. The first-order valence-corrected chi connectivity index (χ1v) is 13.4. The van der Waals surface area contributed by atoms with Gasteiger partial charge in [-0.1, -0.05) is 84.9 Å². The smallest absolute Gasteiger partial charge is 0.229 e. The predicted octanol–water partition coefficient (Wildman–Crippen LogP) is 7.00. The lowest BCUT2D eigenvalue weighted by atomic mass is 9.99. The van der Waals surface area contributed by atoms with E-state index < -0.39 is 0 Å². The van der Waals surface area contributed by atoms with Crippen LogP contribution in [0, 0.1) is 0 Å². The lowest BCUT2D eigenvalue weighted by Gasteiger charge is -2.17. The summed E-state index contributed by atoms with van der Waals surface area (Å²) in [5.41, 5.74) is 2.30. The summed E-state index contributed by atoms with van der Waals surface area (Å²) < 4.78 is 23.5. The summed E-state index contributed by atoms with van der Waals surface area (Å²) >= 11 is 0. The number of fused-ring (bicyclic) bond motifs is 2. The maximum Gasteiger partial charge on any atom is 0.229 e. The summed E-state index contributed by atoms with van der Waals surface area (Å²) in [5.74, 6) is 2.00. The van der Waals surface area contributed by atoms with E-state index in [1.54, 1.807) is 43.5 Å². The first-order valence-electron chi connectivity index (χ1n) is 13.4. The van der Waals surface area contributed by atoms with Crippen LogP contribution in [0.4, 0.5) is 0 Å². The molecule has 0 fully saturated rings. The third kappa shape index (κ3) is 4.83. The van der Waals surface area contributed by atoms with Crippen molar-refractivity contribution in [3.63, 3.8) is 0 Å². The van der Waals surface area contributed by atoms with E-state index in [0.717, 1.165) is 11.1 Å². The van der Waals surface area contributed by atoms with Gasteiger partial charge in [-0.05, 0) is 17.7 Å². The lowest BCUT2D eigenvalue weighted by molar-refractivity contribution is 0.213. The number of nitrogens with zero attached hydrogens (tertiary/aromatic N) is 2. The molecule has 0 unspecified atom stereocenters. The molecule has 0 aliphatic rings. The van der Waals surface area contributed by atoms with Gasteiger partial charge in [0, 0.05) is 16.3 Å². The molecule has 0 radical (unpaired) electrons. The van der Waals surface area contributed by atoms with Crippen molar-refractivity contribution < 1.29 is 29.2 Å². The number of rotatable bonds is 9. The van der Waals surface area contributed by atoms with Gasteiger partial charge >= 0.3 is 0 Å². The number of phenols is 2. The largest absolute Gasteiger partial charge is 0.507 e. The molecule has 0 amide bonds. The highest BCUT2D eigenvalue weighted by atomic mass is 16.5. The van der Waals surface area contributed by atoms with Gasteiger partial charge in [0.25, 0.3) is 0 Å². The van der Waals surface area contributed by atoms with Gasteiger partial charge in [0.05, 0.1) is 25.0 Å². The number of hydrogen-bond donors (Lipinski definition) is 2. The predicted molar refractivity (Wildman–Crippen MR) is 162 cm³/mol. The Hall–Kier alpha value is -5.50. The molecule has 42 heavy (non-hydrogen) atoms. The van der Waals surface area contributed by atoms with Crippen molar-refractivity contribution in [1.29, 1.82) is 0 Å². The number of ether oxygens (including phenoxy) is 4. The summed E-state index contributed by atoms with van der Waals surface area (Å²) in [6, 6.07) is 29.7. The Bertz CT molecular complexity index is 1880. The third-order valence-corrected chi connectivity index (χ3v) is 6.97. The average molecular weight is 561 g/mol. The zero-order chi connectivity index (χ0) is 29.1. The maximum atomic E-state index is 11.2. The van der Waals surface area contributed by atoms with Crippen molar-refractivity contribution in [2.24, 2.45) is 0 Å². The molecule has 6 aromatic rings. The number of phenolic OH excluding ortho intramolecular Hbond substituents is 2. The minimum atomic E-state index is -0.00683. The Kier molecular flexibility index (Phi) is 7.34. The van der Waals surface area contributed by atoms with Gasteiger partial charge in [0.2, 0.25) is 11.8 Å². The van der Waals surface area contributed by atoms with Crippen LogP contribution in [0.5, 0.6) is 34.8 Å². The summed E-state index contributed by atoms with van der Waals surface area (Å²) in [6.45, 7) is 0.248. The normalized spacial score (nSPS) is 11.0. The van der Waals surface area contributed by atoms with E-state index in [1.807, 2.05) is 60.7 Å². The highest BCUT2D eigenvalue weighted by Gasteiger charge is 2.22. The second-order valence-electron chi connectivity index (χ2n) is 9.42. The number of aromatic nitrogens is 2. The second-order valence-corrected chi connectivity index (χ2v) is 9.42. The Labute approximate surface area is 242 Å². The van der Waals surface area contributed by atoms with Crippen LogP contribution in [0.2, 0.25) is 0 Å². The van der Waals surface area contributed by atoms with Gasteiger partial charge < -0.3 is 29.2 Å². The van der Waals surface area contributed by atoms with Gasteiger partial charge in [0.15, 0.2) is 5.82 Å². The minimum Gasteiger partial charge on any atom is -0.507 e. The van der Waals surface area contributed by atoms with Gasteiger partial charge in [-0.25, -0.2) is 0 Å². The van der Waals surface area contributed by atoms with Gasteiger partial charge in [0.1, 0.15) is 41.8 Å². The molecule has 0 saturated heterocycles. The average Bonchev–Trinajstić information content (AvgIpc) is 3.05. The van der Waals surface area contributed by atoms with E-state index in [1.165, 1.54) is 7.11 Å². The molecule has 210 valence electrons. The van der Waals surface area contributed by atoms with E-state index in [9.17, 15) is 10.2 Å². The molecule has 0 aliphatic heterocycles. The fraction of sp³-hybridized carbons (Fsp3) is 0.118. The molecule has 0 atom stereocenters. The first-order chi connectivity index (χ1) is 20.6. The molecule has 0 spiro atoms. The standard InChI is InChI=1S/C34H28N2O6/c1-39-25-17-18-26(29-28(25)30(37)23-15-9-10-16-24(23)31(29)38)41-19-20-42-34-27(21-11-5-3-6-12-21)33(40-2)35-32(36-34)22-13-7-4-8-14-22/h3-18,37-38H,19-20H2,1-2H3. The van der Waals surface area contributed by atoms with E-state index in [2.05, 4.69) is 4.98 Å². The number of benzene rings is 5. The highest BCUT2D eigenvalue weighted by molar-refractivity contribution is 6.14. The van der Waals surface area contributed by atoms with Crippen LogP contribution >= 0.6 is 0 Å². The minimum absolute atomic E-state index is 0.00553. The van der Waals surface area contributed by atoms with Crippen LogP contribution < -0.4 is 18.9 Å². The van der Waals surface area contributed by atoms with E-state index in [4.69, 9.17) is 23.9 Å². The van der Waals surface area contributed by atoms with Gasteiger partial charge in [-0.2, -0.15) is 9.97 Å². The first kappa shape index (κ1) is 26.7. The molecule has 1 aromatic heterocycles. The Morgan fingerprint density at radius 3 is 1.69 bits per heavy atom. The van der Waals surface area contributed by atoms with Crippen LogP contribution in [-0.4, -0.2) is 47.6 Å². The molecule has 6 rings (SSSR count). The second kappa shape index (κ2) is 11.5. The van der Waals surface area contributed by atoms with Crippen LogP contribution in [0.1, 0.15) is 0 Å². The summed E-state index contributed by atoms with van der Waals surface area (Å²) in [5, 5.41) is 24.1. The summed E-state index contributed by atoms with van der Waals surface area (Å²) in [7, 11) is 3.08. The van der Waals surface area contributed by atoms with Crippen LogP contribution in [0.25, 0.3) is 44.1 Å². The van der Waals surface area contributed by atoms with Crippen molar-refractivity contribution >= 4 is 21.5 Å². The van der Waals surface area contributed by atoms with Crippen molar-refractivity contribution in [1.82, 2.24) is 9.97 Å². The number of hydrogen-bond acceptors (Lipinski definition) is 8. The number of methoxy groups -OCH3 is 2. The quantitative estimate of drug-likeness (QED) is 0.111. The van der Waals surface area contributed by atoms with Crippen LogP contribution in [0.3, 0.4) is 0 Å². The molecule has 2 N–H and O–H groups in total. The zero-order valence-electron chi connectivity index (χ0n) is 23.1. The molecular weight excluding hydrogens is 532 g/mol. The van der Waals surface area contributed by atoms with Crippen molar-refractivity contribution in [2.75, 3.05) is 27.4 Å². The summed E-state index contributed by atoms with van der Waals surface area (Å²) in [6.07, 6.45) is 0. The molecule has 0 saturated carbocycles. The molecule has 0 aliphatic carbocycles. The maximum absolute atomic E-state index is 11.2. The Balaban J connectivity index is 1.33. The van der Waals surface area contributed by atoms with E-state index >= 15 is 0 Å². The fourth-order valence-electron chi connectivity index (χ4n) is 5.02. The summed E-state index contributed by atoms with van der Waals surface area (Å²) in [4.78, 5) is 9.41. The van der Waals surface area contributed by atoms with E-state index in [-0.39, 0.29) is 24.7 Å². The van der Waals surface area contributed by atoms with Crippen molar-refractivity contribution in [3.8, 4) is 57.3 Å². The number of aromatic hydroxyl groups is 2. The SMILES string of the molecule is COc1nc(-c2ccccc2)nc(OCCOc2ccc(OC)c3c(O)c4ccccc4c(O)c23)c1-c1ccccc1. The van der Waals surface area contributed by atoms with Crippen LogP contribution in [0.15, 0.2) is 97.1 Å². The molecular formula is C34H28N2O6. The van der Waals surface area contributed by atoms with Crippen molar-refractivity contribution in [3.05, 3.63) is 97.1 Å². The van der Waals surface area contributed by atoms with Crippen molar-refractivity contribution in [2.45, 2.75) is 0 Å². The topological polar surface area (TPSA) is 103 Å². The van der Waals surface area contributed by atoms with Crippen LogP contribution in [-0.2, 0) is 0 Å². The molecule has 8 heteroatoms. The Morgan fingerprint density at radius 1 is 0.548 bits per heavy atom. The monoisotopic (exact) mass is 560 g/mol.